The Morgan fingerprint density at radius 1 is 1.11 bits per heavy atom. The molecular formula is C28H24ClN3O6. The van der Waals surface area contributed by atoms with E-state index in [0.29, 0.717) is 46.4 Å². The van der Waals surface area contributed by atoms with Crippen LogP contribution in [0.4, 0.5) is 16.2 Å². The lowest BCUT2D eigenvalue weighted by atomic mass is 10.0. The van der Waals surface area contributed by atoms with Crippen molar-refractivity contribution in [2.75, 3.05) is 11.5 Å². The Kier molecular flexibility index (Phi) is 8.08. The third kappa shape index (κ3) is 5.84. The fourth-order valence-electron chi connectivity index (χ4n) is 3.94. The summed E-state index contributed by atoms with van der Waals surface area (Å²) in [7, 11) is 0. The van der Waals surface area contributed by atoms with Crippen molar-refractivity contribution < 1.29 is 24.0 Å². The van der Waals surface area contributed by atoms with Gasteiger partial charge >= 0.3 is 6.03 Å². The van der Waals surface area contributed by atoms with Crippen molar-refractivity contribution >= 4 is 41.0 Å². The van der Waals surface area contributed by atoms with Gasteiger partial charge < -0.3 is 14.8 Å². The highest BCUT2D eigenvalue weighted by atomic mass is 35.5. The molecule has 1 heterocycles. The van der Waals surface area contributed by atoms with E-state index in [4.69, 9.17) is 21.1 Å². The van der Waals surface area contributed by atoms with E-state index in [9.17, 15) is 19.7 Å². The van der Waals surface area contributed by atoms with Gasteiger partial charge in [0.15, 0.2) is 11.5 Å². The van der Waals surface area contributed by atoms with Crippen LogP contribution in [0.2, 0.25) is 5.02 Å². The second kappa shape index (κ2) is 11.6. The van der Waals surface area contributed by atoms with Crippen LogP contribution in [-0.4, -0.2) is 23.5 Å². The normalized spacial score (nSPS) is 13.9. The number of halogens is 1. The minimum atomic E-state index is -0.572. The van der Waals surface area contributed by atoms with Crippen molar-refractivity contribution in [3.05, 3.63) is 111 Å². The average molecular weight is 534 g/mol. The van der Waals surface area contributed by atoms with Crippen LogP contribution in [0.5, 0.6) is 11.5 Å². The summed E-state index contributed by atoms with van der Waals surface area (Å²) in [5.41, 5.74) is 2.43. The number of amides is 3. The summed E-state index contributed by atoms with van der Waals surface area (Å²) in [6, 6.07) is 15.5. The van der Waals surface area contributed by atoms with E-state index in [1.807, 2.05) is 13.0 Å². The van der Waals surface area contributed by atoms with Crippen LogP contribution < -0.4 is 19.7 Å². The predicted octanol–water partition coefficient (Wildman–Crippen LogP) is 6.05. The van der Waals surface area contributed by atoms with E-state index in [0.717, 1.165) is 10.5 Å². The highest BCUT2D eigenvalue weighted by Gasteiger charge is 2.35. The largest absolute Gasteiger partial charge is 0.490 e. The third-order valence-corrected chi connectivity index (χ3v) is 5.85. The van der Waals surface area contributed by atoms with E-state index in [1.165, 1.54) is 12.1 Å². The molecule has 0 bridgehead atoms. The molecule has 0 radical (unpaired) electrons. The summed E-state index contributed by atoms with van der Waals surface area (Å²) in [4.78, 5) is 37.3. The molecule has 194 valence electrons. The van der Waals surface area contributed by atoms with Crippen LogP contribution >= 0.6 is 11.6 Å². The zero-order valence-electron chi connectivity index (χ0n) is 20.5. The van der Waals surface area contributed by atoms with Gasteiger partial charge in [-0.3, -0.25) is 14.9 Å². The van der Waals surface area contributed by atoms with Crippen molar-refractivity contribution in [1.82, 2.24) is 5.32 Å². The quantitative estimate of drug-likeness (QED) is 0.112. The number of rotatable bonds is 10. The van der Waals surface area contributed by atoms with Gasteiger partial charge in [0.25, 0.3) is 11.6 Å². The number of nitrogens with zero attached hydrogens (tertiary/aromatic N) is 2. The summed E-state index contributed by atoms with van der Waals surface area (Å²) in [6.07, 6.45) is 3.70. The third-order valence-electron chi connectivity index (χ3n) is 5.60. The van der Waals surface area contributed by atoms with Gasteiger partial charge in [0.1, 0.15) is 12.3 Å². The standard InChI is InChI=1S/C28H24ClN3O6/c1-3-6-20-13-19(15-24-27(33)31(28(34)30-24)22-11-9-21(29)10-12-22)16-25(37-4-2)26(20)38-17-18-7-5-8-23(14-18)32(35)36/h3,5,7-16H,1,4,6,17H2,2H3,(H,30,34)/b24-15+. The summed E-state index contributed by atoms with van der Waals surface area (Å²) >= 11 is 5.93. The molecule has 1 N–H and O–H groups in total. The molecule has 0 saturated carbocycles. The fraction of sp³-hybridized carbons (Fsp3) is 0.143. The Labute approximate surface area is 224 Å². The van der Waals surface area contributed by atoms with Crippen molar-refractivity contribution in [3.8, 4) is 11.5 Å². The first-order valence-corrected chi connectivity index (χ1v) is 12.1. The second-order valence-corrected chi connectivity index (χ2v) is 8.69. The first kappa shape index (κ1) is 26.4. The number of imide groups is 1. The molecule has 1 fully saturated rings. The molecule has 38 heavy (non-hydrogen) atoms. The number of hydrogen-bond acceptors (Lipinski definition) is 6. The number of carbonyl (C=O) groups is 2. The van der Waals surface area contributed by atoms with Crippen LogP contribution in [0.25, 0.3) is 6.08 Å². The number of nitrogens with one attached hydrogen (secondary N) is 1. The highest BCUT2D eigenvalue weighted by Crippen LogP contribution is 2.36. The Hall–Kier alpha value is -4.63. The number of nitro groups is 1. The van der Waals surface area contributed by atoms with Crippen LogP contribution in [0.1, 0.15) is 23.6 Å². The van der Waals surface area contributed by atoms with Gasteiger partial charge in [-0.2, -0.15) is 0 Å². The van der Waals surface area contributed by atoms with E-state index >= 15 is 0 Å². The molecule has 0 aromatic heterocycles. The van der Waals surface area contributed by atoms with Crippen molar-refractivity contribution in [2.24, 2.45) is 0 Å². The van der Waals surface area contributed by atoms with Gasteiger partial charge in [-0.15, -0.1) is 6.58 Å². The summed E-state index contributed by atoms with van der Waals surface area (Å²) in [6.45, 7) is 6.07. The Balaban J connectivity index is 1.65. The molecule has 1 aliphatic rings. The number of anilines is 1. The van der Waals surface area contributed by atoms with E-state index in [-0.39, 0.29) is 18.0 Å². The molecular weight excluding hydrogens is 510 g/mol. The zero-order chi connectivity index (χ0) is 27.2. The van der Waals surface area contributed by atoms with Gasteiger partial charge in [-0.1, -0.05) is 29.8 Å². The number of ether oxygens (including phenoxy) is 2. The van der Waals surface area contributed by atoms with Gasteiger partial charge in [-0.05, 0) is 66.9 Å². The topological polar surface area (TPSA) is 111 Å². The molecule has 10 heteroatoms. The first-order valence-electron chi connectivity index (χ1n) is 11.7. The van der Waals surface area contributed by atoms with E-state index in [2.05, 4.69) is 11.9 Å². The molecule has 0 atom stereocenters. The Bertz CT molecular complexity index is 1440. The molecule has 1 aliphatic heterocycles. The number of carbonyl (C=O) groups excluding carboxylic acids is 2. The van der Waals surface area contributed by atoms with Gasteiger partial charge in [0.2, 0.25) is 0 Å². The van der Waals surface area contributed by atoms with E-state index < -0.39 is 16.9 Å². The van der Waals surface area contributed by atoms with Crippen molar-refractivity contribution in [3.63, 3.8) is 0 Å². The molecule has 4 rings (SSSR count). The van der Waals surface area contributed by atoms with E-state index in [1.54, 1.807) is 54.6 Å². The molecule has 1 saturated heterocycles. The van der Waals surface area contributed by atoms with Gasteiger partial charge in [0.05, 0.1) is 17.2 Å². The molecule has 0 unspecified atom stereocenters. The summed E-state index contributed by atoms with van der Waals surface area (Å²) in [5.74, 6) is 0.381. The lowest BCUT2D eigenvalue weighted by Crippen LogP contribution is -2.30. The molecule has 3 aromatic rings. The number of hydrogen-bond donors (Lipinski definition) is 1. The second-order valence-electron chi connectivity index (χ2n) is 8.25. The maximum atomic E-state index is 13.0. The first-order chi connectivity index (χ1) is 18.3. The molecule has 0 spiro atoms. The molecule has 3 amide bonds. The Morgan fingerprint density at radius 2 is 1.87 bits per heavy atom. The summed E-state index contributed by atoms with van der Waals surface area (Å²) in [5, 5.41) is 14.2. The van der Waals surface area contributed by atoms with Crippen LogP contribution in [0.15, 0.2) is 79.0 Å². The SMILES string of the molecule is C=CCc1cc(/C=C2/NC(=O)N(c3ccc(Cl)cc3)C2=O)cc(OCC)c1OCc1cccc([N+](=O)[O-])c1. The maximum Gasteiger partial charge on any atom is 0.333 e. The van der Waals surface area contributed by atoms with Crippen LogP contribution in [0, 0.1) is 10.1 Å². The fourth-order valence-corrected chi connectivity index (χ4v) is 4.07. The maximum absolute atomic E-state index is 13.0. The lowest BCUT2D eigenvalue weighted by molar-refractivity contribution is -0.384. The predicted molar refractivity (Wildman–Crippen MR) is 144 cm³/mol. The number of nitro benzene ring substituents is 1. The smallest absolute Gasteiger partial charge is 0.333 e. The van der Waals surface area contributed by atoms with Crippen molar-refractivity contribution in [1.29, 1.82) is 0 Å². The van der Waals surface area contributed by atoms with Crippen molar-refractivity contribution in [2.45, 2.75) is 20.0 Å². The van der Waals surface area contributed by atoms with Gasteiger partial charge in [-0.25, -0.2) is 9.69 Å². The van der Waals surface area contributed by atoms with Crippen LogP contribution in [0.3, 0.4) is 0 Å². The molecule has 9 nitrogen and oxygen atoms in total. The number of benzene rings is 3. The monoisotopic (exact) mass is 533 g/mol. The minimum Gasteiger partial charge on any atom is -0.490 e. The van der Waals surface area contributed by atoms with Gasteiger partial charge in [0, 0.05) is 22.7 Å². The average Bonchev–Trinajstić information content (AvgIpc) is 3.17. The Morgan fingerprint density at radius 3 is 2.55 bits per heavy atom. The molecule has 3 aromatic carbocycles. The van der Waals surface area contributed by atoms with Crippen LogP contribution in [-0.2, 0) is 17.8 Å². The number of non-ortho nitro benzene ring substituents is 1. The highest BCUT2D eigenvalue weighted by molar-refractivity contribution is 6.31. The molecule has 0 aliphatic carbocycles. The lowest BCUT2D eigenvalue weighted by Gasteiger charge is -2.17. The number of urea groups is 1. The number of allylic oxidation sites excluding steroid dienone is 1. The summed E-state index contributed by atoms with van der Waals surface area (Å²) < 4.78 is 11.9. The minimum absolute atomic E-state index is 0.0275. The zero-order valence-corrected chi connectivity index (χ0v) is 21.2.